The van der Waals surface area contributed by atoms with Gasteiger partial charge in [-0.05, 0) is 20.4 Å². The predicted octanol–water partition coefficient (Wildman–Crippen LogP) is 0.113. The van der Waals surface area contributed by atoms with Crippen LogP contribution in [0, 0.1) is 0 Å². The van der Waals surface area contributed by atoms with Gasteiger partial charge in [0.25, 0.3) is 0 Å². The van der Waals surface area contributed by atoms with E-state index in [9.17, 15) is 4.79 Å². The molecule has 0 aromatic carbocycles. The normalized spacial score (nSPS) is 12.9. The largest absolute Gasteiger partial charge is 0.380 e. The monoisotopic (exact) mass is 217 g/mol. The maximum atomic E-state index is 11.1. The highest BCUT2D eigenvalue weighted by Gasteiger charge is 2.14. The molecule has 0 spiro atoms. The number of hydrogen-bond acceptors (Lipinski definition) is 4. The summed E-state index contributed by atoms with van der Waals surface area (Å²) >= 11 is 0. The van der Waals surface area contributed by atoms with Gasteiger partial charge in [-0.25, -0.2) is 5.84 Å². The van der Waals surface area contributed by atoms with Crippen LogP contribution in [-0.4, -0.2) is 43.2 Å². The molecule has 1 unspecified atom stereocenters. The zero-order chi connectivity index (χ0) is 11.7. The lowest BCUT2D eigenvalue weighted by atomic mass is 10.2. The van der Waals surface area contributed by atoms with Gasteiger partial charge in [-0.1, -0.05) is 6.92 Å². The quantitative estimate of drug-likeness (QED) is 0.262. The Morgan fingerprint density at radius 2 is 2.20 bits per heavy atom. The Balaban J connectivity index is 3.87. The molecule has 5 heteroatoms. The summed E-state index contributed by atoms with van der Waals surface area (Å²) in [6.45, 7) is 9.26. The van der Waals surface area contributed by atoms with Crippen molar-refractivity contribution in [1.82, 2.24) is 10.3 Å². The number of ether oxygens (including phenoxy) is 1. The Bertz CT molecular complexity index is 176. The first-order valence-corrected chi connectivity index (χ1v) is 5.46. The van der Waals surface area contributed by atoms with E-state index in [0.717, 1.165) is 19.7 Å². The zero-order valence-corrected chi connectivity index (χ0v) is 9.95. The van der Waals surface area contributed by atoms with Crippen LogP contribution in [0.25, 0.3) is 0 Å². The first-order valence-electron chi connectivity index (χ1n) is 5.46. The maximum absolute atomic E-state index is 11.1. The number of hydrazine groups is 1. The van der Waals surface area contributed by atoms with E-state index >= 15 is 0 Å². The second kappa shape index (κ2) is 8.64. The van der Waals surface area contributed by atoms with Crippen LogP contribution in [0.3, 0.4) is 0 Å². The van der Waals surface area contributed by atoms with Gasteiger partial charge in [0.05, 0.1) is 6.61 Å². The van der Waals surface area contributed by atoms with Crippen molar-refractivity contribution >= 4 is 5.91 Å². The lowest BCUT2D eigenvalue weighted by molar-refractivity contribution is -0.122. The second-order valence-corrected chi connectivity index (χ2v) is 3.45. The second-order valence-electron chi connectivity index (χ2n) is 3.45. The number of nitrogens with two attached hydrogens (primary N) is 1. The predicted molar refractivity (Wildman–Crippen MR) is 60.1 cm³/mol. The zero-order valence-electron chi connectivity index (χ0n) is 9.95. The Morgan fingerprint density at radius 3 is 2.67 bits per heavy atom. The molecule has 0 bridgehead atoms. The van der Waals surface area contributed by atoms with E-state index in [1.807, 2.05) is 13.8 Å². The molecule has 1 atom stereocenters. The van der Waals surface area contributed by atoms with Gasteiger partial charge in [-0.15, -0.1) is 0 Å². The highest BCUT2D eigenvalue weighted by molar-refractivity contribution is 5.75. The van der Waals surface area contributed by atoms with Crippen molar-refractivity contribution in [3.05, 3.63) is 0 Å². The number of likely N-dealkylation sites (N-methyl/N-ethyl adjacent to an activating group) is 1. The third-order valence-corrected chi connectivity index (χ3v) is 2.40. The van der Waals surface area contributed by atoms with Crippen LogP contribution in [-0.2, 0) is 9.53 Å². The van der Waals surface area contributed by atoms with E-state index in [1.165, 1.54) is 0 Å². The summed E-state index contributed by atoms with van der Waals surface area (Å²) in [4.78, 5) is 13.3. The van der Waals surface area contributed by atoms with Gasteiger partial charge in [0.2, 0.25) is 5.91 Å². The number of amides is 1. The fourth-order valence-electron chi connectivity index (χ4n) is 1.47. The van der Waals surface area contributed by atoms with Gasteiger partial charge in [0.15, 0.2) is 0 Å². The molecule has 0 saturated carbocycles. The minimum Gasteiger partial charge on any atom is -0.380 e. The summed E-state index contributed by atoms with van der Waals surface area (Å²) in [5.41, 5.74) is 2.15. The standard InChI is InChI=1S/C10H23N3O2/c1-4-13(6-7-15-5-2)9(3)8-10(14)12-11/h9H,4-8,11H2,1-3H3,(H,12,14). The van der Waals surface area contributed by atoms with Crippen molar-refractivity contribution in [3.63, 3.8) is 0 Å². The molecule has 0 rings (SSSR count). The van der Waals surface area contributed by atoms with E-state index in [0.29, 0.717) is 13.0 Å². The average molecular weight is 217 g/mol. The summed E-state index contributed by atoms with van der Waals surface area (Å²) in [6.07, 6.45) is 0.427. The molecule has 90 valence electrons. The molecule has 0 saturated heterocycles. The molecule has 0 aromatic rings. The Kier molecular flexibility index (Phi) is 8.27. The van der Waals surface area contributed by atoms with Crippen molar-refractivity contribution in [3.8, 4) is 0 Å². The molecule has 1 amide bonds. The van der Waals surface area contributed by atoms with E-state index in [2.05, 4.69) is 17.2 Å². The Morgan fingerprint density at radius 1 is 1.53 bits per heavy atom. The third kappa shape index (κ3) is 6.43. The van der Waals surface area contributed by atoms with Gasteiger partial charge in [0.1, 0.15) is 0 Å². The maximum Gasteiger partial charge on any atom is 0.235 e. The summed E-state index contributed by atoms with van der Waals surface area (Å²) in [6, 6.07) is 0.194. The number of carbonyl (C=O) groups is 1. The molecule has 0 aliphatic carbocycles. The minimum atomic E-state index is -0.127. The fourth-order valence-corrected chi connectivity index (χ4v) is 1.47. The molecule has 0 aromatic heterocycles. The first kappa shape index (κ1) is 14.3. The number of rotatable bonds is 8. The van der Waals surface area contributed by atoms with Crippen LogP contribution in [0.1, 0.15) is 27.2 Å². The van der Waals surface area contributed by atoms with Gasteiger partial charge in [-0.3, -0.25) is 15.1 Å². The van der Waals surface area contributed by atoms with E-state index in [1.54, 1.807) is 0 Å². The number of nitrogens with zero attached hydrogens (tertiary/aromatic N) is 1. The summed E-state index contributed by atoms with van der Waals surface area (Å²) in [7, 11) is 0. The molecule has 0 aliphatic rings. The number of hydrogen-bond donors (Lipinski definition) is 2. The highest BCUT2D eigenvalue weighted by atomic mass is 16.5. The molecular weight excluding hydrogens is 194 g/mol. The van der Waals surface area contributed by atoms with Crippen LogP contribution < -0.4 is 11.3 Å². The minimum absolute atomic E-state index is 0.127. The van der Waals surface area contributed by atoms with E-state index in [4.69, 9.17) is 10.6 Å². The van der Waals surface area contributed by atoms with Crippen LogP contribution in [0.2, 0.25) is 0 Å². The lowest BCUT2D eigenvalue weighted by Gasteiger charge is -2.26. The van der Waals surface area contributed by atoms with Gasteiger partial charge >= 0.3 is 0 Å². The van der Waals surface area contributed by atoms with Crippen molar-refractivity contribution in [2.45, 2.75) is 33.2 Å². The van der Waals surface area contributed by atoms with Crippen molar-refractivity contribution in [2.24, 2.45) is 5.84 Å². The van der Waals surface area contributed by atoms with Gasteiger partial charge < -0.3 is 4.74 Å². The van der Waals surface area contributed by atoms with Crippen LogP contribution in [0.15, 0.2) is 0 Å². The topological polar surface area (TPSA) is 67.6 Å². The fraction of sp³-hybridized carbons (Fsp3) is 0.900. The number of nitrogens with one attached hydrogen (secondary N) is 1. The molecule has 0 radical (unpaired) electrons. The first-order chi connectivity index (χ1) is 7.15. The molecule has 0 aliphatic heterocycles. The van der Waals surface area contributed by atoms with Crippen LogP contribution in [0.4, 0.5) is 0 Å². The van der Waals surface area contributed by atoms with Crippen LogP contribution >= 0.6 is 0 Å². The SMILES string of the molecule is CCOCCN(CC)C(C)CC(=O)NN. The Labute approximate surface area is 91.9 Å². The van der Waals surface area contributed by atoms with Crippen molar-refractivity contribution < 1.29 is 9.53 Å². The van der Waals surface area contributed by atoms with Crippen LogP contribution in [0.5, 0.6) is 0 Å². The summed E-state index contributed by atoms with van der Waals surface area (Å²) in [5, 5.41) is 0. The summed E-state index contributed by atoms with van der Waals surface area (Å²) in [5.74, 6) is 4.91. The highest BCUT2D eigenvalue weighted by Crippen LogP contribution is 2.03. The van der Waals surface area contributed by atoms with E-state index in [-0.39, 0.29) is 11.9 Å². The molecule has 5 nitrogen and oxygen atoms in total. The smallest absolute Gasteiger partial charge is 0.235 e. The third-order valence-electron chi connectivity index (χ3n) is 2.40. The van der Waals surface area contributed by atoms with E-state index < -0.39 is 0 Å². The van der Waals surface area contributed by atoms with Crippen molar-refractivity contribution in [1.29, 1.82) is 0 Å². The molecule has 15 heavy (non-hydrogen) atoms. The Hall–Kier alpha value is -0.650. The molecule has 3 N–H and O–H groups in total. The van der Waals surface area contributed by atoms with Gasteiger partial charge in [-0.2, -0.15) is 0 Å². The molecule has 0 fully saturated rings. The molecular formula is C10H23N3O2. The number of carbonyl (C=O) groups excluding carboxylic acids is 1. The summed E-state index contributed by atoms with van der Waals surface area (Å²) < 4.78 is 5.28. The van der Waals surface area contributed by atoms with Crippen molar-refractivity contribution in [2.75, 3.05) is 26.3 Å². The lowest BCUT2D eigenvalue weighted by Crippen LogP contribution is -2.40. The van der Waals surface area contributed by atoms with Gasteiger partial charge in [0, 0.05) is 25.6 Å². The molecule has 0 heterocycles. The average Bonchev–Trinajstić information content (AvgIpc) is 2.24.